The van der Waals surface area contributed by atoms with Crippen molar-refractivity contribution in [3.8, 4) is 0 Å². The fourth-order valence-electron chi connectivity index (χ4n) is 4.14. The standard InChI is InChI=1S/C17H23F6IO3/c1-3-14(2,24)13(25)27-12-7-9-4-5-11(12)10(6-9)8-15(26,16(18,19)20)17(21,22)23/h9-12,26H,3-8H2,1-2H3. The van der Waals surface area contributed by atoms with Crippen LogP contribution in [0.15, 0.2) is 0 Å². The summed E-state index contributed by atoms with van der Waals surface area (Å²) < 4.78 is 83.0. The van der Waals surface area contributed by atoms with E-state index in [0.717, 1.165) is 0 Å². The molecule has 10 heteroatoms. The number of halogens is 7. The predicted molar refractivity (Wildman–Crippen MR) is 93.2 cm³/mol. The van der Waals surface area contributed by atoms with Gasteiger partial charge in [-0.15, -0.1) is 0 Å². The molecule has 0 heterocycles. The maximum absolute atomic E-state index is 13.1. The number of ether oxygens (including phenoxy) is 1. The van der Waals surface area contributed by atoms with E-state index in [1.54, 1.807) is 13.8 Å². The van der Waals surface area contributed by atoms with Crippen LogP contribution in [0.3, 0.4) is 0 Å². The lowest BCUT2D eigenvalue weighted by Gasteiger charge is -2.49. The van der Waals surface area contributed by atoms with Crippen molar-refractivity contribution in [2.45, 2.75) is 79.9 Å². The second-order valence-electron chi connectivity index (χ2n) is 7.89. The molecule has 5 atom stereocenters. The zero-order valence-corrected chi connectivity index (χ0v) is 17.1. The molecule has 3 fully saturated rings. The second kappa shape index (κ2) is 7.53. The highest BCUT2D eigenvalue weighted by Gasteiger charge is 2.71. The number of esters is 1. The van der Waals surface area contributed by atoms with E-state index in [2.05, 4.69) is 0 Å². The molecule has 3 rings (SSSR count). The number of carbonyl (C=O) groups excluding carboxylic acids is 1. The summed E-state index contributed by atoms with van der Waals surface area (Å²) in [5, 5.41) is 9.54. The van der Waals surface area contributed by atoms with Crippen LogP contribution in [0.1, 0.15) is 52.4 Å². The van der Waals surface area contributed by atoms with E-state index in [9.17, 15) is 36.2 Å². The third-order valence-corrected chi connectivity index (χ3v) is 7.24. The van der Waals surface area contributed by atoms with Crippen LogP contribution in [0.25, 0.3) is 0 Å². The Morgan fingerprint density at radius 3 is 2.11 bits per heavy atom. The van der Waals surface area contributed by atoms with Crippen LogP contribution < -0.4 is 0 Å². The molecule has 0 aliphatic heterocycles. The number of hydrogen-bond acceptors (Lipinski definition) is 3. The monoisotopic (exact) mass is 516 g/mol. The fraction of sp³-hybridized carbons (Fsp3) is 0.941. The highest BCUT2D eigenvalue weighted by molar-refractivity contribution is 14.1. The van der Waals surface area contributed by atoms with Crippen molar-refractivity contribution in [3.63, 3.8) is 0 Å². The fourth-order valence-corrected chi connectivity index (χ4v) is 4.27. The summed E-state index contributed by atoms with van der Waals surface area (Å²) in [6, 6.07) is 0. The molecule has 0 aromatic heterocycles. The van der Waals surface area contributed by atoms with Crippen molar-refractivity contribution in [1.82, 2.24) is 0 Å². The van der Waals surface area contributed by atoms with Gasteiger partial charge in [0.15, 0.2) is 0 Å². The number of hydrogen-bond donors (Lipinski definition) is 1. The maximum Gasteiger partial charge on any atom is 0.426 e. The maximum atomic E-state index is 13.1. The van der Waals surface area contributed by atoms with Crippen molar-refractivity contribution in [3.05, 3.63) is 0 Å². The lowest BCUT2D eigenvalue weighted by Crippen LogP contribution is -2.59. The van der Waals surface area contributed by atoms with Gasteiger partial charge in [0.1, 0.15) is 9.53 Å². The molecule has 0 spiro atoms. The number of rotatable bonds is 5. The molecule has 3 aliphatic rings. The number of carbonyl (C=O) groups is 1. The Hall–Kier alpha value is -0.260. The van der Waals surface area contributed by atoms with Crippen LogP contribution in [0.2, 0.25) is 0 Å². The molecule has 3 saturated carbocycles. The van der Waals surface area contributed by atoms with Crippen LogP contribution in [-0.2, 0) is 9.53 Å². The van der Waals surface area contributed by atoms with Crippen molar-refractivity contribution in [1.29, 1.82) is 0 Å². The van der Waals surface area contributed by atoms with Crippen LogP contribution in [0.5, 0.6) is 0 Å². The Bertz CT molecular complexity index is 546. The molecule has 3 aliphatic carbocycles. The van der Waals surface area contributed by atoms with Gasteiger partial charge in [0.05, 0.1) is 0 Å². The molecule has 1 N–H and O–H groups in total. The Labute approximate surface area is 167 Å². The summed E-state index contributed by atoms with van der Waals surface area (Å²) >= 11 is 1.93. The first-order valence-corrected chi connectivity index (χ1v) is 9.96. The average molecular weight is 516 g/mol. The number of alkyl halides is 7. The lowest BCUT2D eigenvalue weighted by molar-refractivity contribution is -0.375. The van der Waals surface area contributed by atoms with Gasteiger partial charge in [0, 0.05) is 0 Å². The Balaban J connectivity index is 2.20. The van der Waals surface area contributed by atoms with Crippen molar-refractivity contribution in [2.75, 3.05) is 0 Å². The zero-order valence-electron chi connectivity index (χ0n) is 15.0. The lowest BCUT2D eigenvalue weighted by atomic mass is 9.60. The van der Waals surface area contributed by atoms with Gasteiger partial charge in [-0.3, -0.25) is 4.79 Å². The van der Waals surface area contributed by atoms with Crippen LogP contribution in [0, 0.1) is 17.8 Å². The van der Waals surface area contributed by atoms with Gasteiger partial charge in [-0.1, -0.05) is 29.5 Å². The van der Waals surface area contributed by atoms with E-state index in [1.807, 2.05) is 22.6 Å². The Kier molecular flexibility index (Phi) is 6.42. The molecule has 0 aromatic carbocycles. The van der Waals surface area contributed by atoms with Crippen LogP contribution >= 0.6 is 22.6 Å². The molecule has 0 saturated heterocycles. The third-order valence-electron chi connectivity index (χ3n) is 6.04. The van der Waals surface area contributed by atoms with Gasteiger partial charge in [-0.2, -0.15) is 26.3 Å². The van der Waals surface area contributed by atoms with E-state index < -0.39 is 51.7 Å². The minimum Gasteiger partial charge on any atom is -0.461 e. The van der Waals surface area contributed by atoms with E-state index in [0.29, 0.717) is 25.7 Å². The highest BCUT2D eigenvalue weighted by atomic mass is 127. The summed E-state index contributed by atoms with van der Waals surface area (Å²) in [4.78, 5) is 12.3. The van der Waals surface area contributed by atoms with Gasteiger partial charge >= 0.3 is 18.3 Å². The molecule has 27 heavy (non-hydrogen) atoms. The topological polar surface area (TPSA) is 46.5 Å². The molecule has 0 aromatic rings. The van der Waals surface area contributed by atoms with E-state index >= 15 is 0 Å². The first-order valence-electron chi connectivity index (χ1n) is 8.88. The zero-order chi connectivity index (χ0) is 20.8. The van der Waals surface area contributed by atoms with Crippen LogP contribution in [0.4, 0.5) is 26.3 Å². The second-order valence-corrected chi connectivity index (χ2v) is 10.3. The summed E-state index contributed by atoms with van der Waals surface area (Å²) in [7, 11) is 0. The SMILES string of the molecule is CCC(C)(I)C(=O)OC1CC2CCC1C(CC(O)(C(F)(F)F)C(F)(F)F)C2. The third kappa shape index (κ3) is 4.51. The molecular formula is C17H23F6IO3. The molecular weight excluding hydrogens is 493 g/mol. The van der Waals surface area contributed by atoms with E-state index in [1.165, 1.54) is 0 Å². The Morgan fingerprint density at radius 2 is 1.67 bits per heavy atom. The largest absolute Gasteiger partial charge is 0.461 e. The smallest absolute Gasteiger partial charge is 0.426 e. The van der Waals surface area contributed by atoms with Gasteiger partial charge in [-0.25, -0.2) is 0 Å². The molecule has 0 amide bonds. The molecule has 5 unspecified atom stereocenters. The first-order chi connectivity index (χ1) is 12.1. The summed E-state index contributed by atoms with van der Waals surface area (Å²) in [6.07, 6.45) is -11.6. The summed E-state index contributed by atoms with van der Waals surface area (Å²) in [5.41, 5.74) is -4.75. The van der Waals surface area contributed by atoms with E-state index in [-0.39, 0.29) is 12.3 Å². The Morgan fingerprint density at radius 1 is 1.11 bits per heavy atom. The van der Waals surface area contributed by atoms with Crippen LogP contribution in [-0.4, -0.2) is 38.6 Å². The molecule has 3 nitrogen and oxygen atoms in total. The van der Waals surface area contributed by atoms with Crippen molar-refractivity contribution in [2.24, 2.45) is 17.8 Å². The number of fused-ring (bicyclic) bond motifs is 3. The normalized spacial score (nSPS) is 31.5. The quantitative estimate of drug-likeness (QED) is 0.237. The summed E-state index contributed by atoms with van der Waals surface area (Å²) in [6.45, 7) is 3.46. The molecule has 158 valence electrons. The number of aliphatic hydroxyl groups is 1. The van der Waals surface area contributed by atoms with Crippen molar-refractivity contribution < 1.29 is 41.0 Å². The predicted octanol–water partition coefficient (Wildman–Crippen LogP) is 5.18. The first kappa shape index (κ1) is 23.0. The minimum atomic E-state index is -5.82. The van der Waals surface area contributed by atoms with Gasteiger partial charge < -0.3 is 9.84 Å². The van der Waals surface area contributed by atoms with Gasteiger partial charge in [0.25, 0.3) is 5.60 Å². The summed E-state index contributed by atoms with van der Waals surface area (Å²) in [5.74, 6) is -2.24. The van der Waals surface area contributed by atoms with Gasteiger partial charge in [-0.05, 0) is 63.2 Å². The average Bonchev–Trinajstić information content (AvgIpc) is 2.53. The van der Waals surface area contributed by atoms with E-state index in [4.69, 9.17) is 4.74 Å². The minimum absolute atomic E-state index is 0.106. The van der Waals surface area contributed by atoms with Crippen molar-refractivity contribution >= 4 is 28.6 Å². The molecule has 2 bridgehead atoms. The highest BCUT2D eigenvalue weighted by Crippen LogP contribution is 2.54. The van der Waals surface area contributed by atoms with Gasteiger partial charge in [0.2, 0.25) is 0 Å². The molecule has 0 radical (unpaired) electrons.